The number of amides is 1. The summed E-state index contributed by atoms with van der Waals surface area (Å²) in [6, 6.07) is 1.90. The van der Waals surface area contributed by atoms with Crippen molar-refractivity contribution < 1.29 is 13.9 Å². The lowest BCUT2D eigenvalue weighted by atomic mass is 10.2. The number of carbonyl (C=O) groups is 1. The molecule has 8 heteroatoms. The van der Waals surface area contributed by atoms with Crippen molar-refractivity contribution in [2.75, 3.05) is 5.32 Å². The second-order valence-electron chi connectivity index (χ2n) is 5.15. The molecular weight excluding hydrogens is 317 g/mol. The Morgan fingerprint density at radius 2 is 2.24 bits per heavy atom. The maximum atomic E-state index is 13.4. The minimum atomic E-state index is -0.720. The summed E-state index contributed by atoms with van der Waals surface area (Å²) in [4.78, 5) is 16.0. The minimum absolute atomic E-state index is 0.0675. The Kier molecular flexibility index (Phi) is 4.03. The third-order valence-corrected chi connectivity index (χ3v) is 3.72. The van der Waals surface area contributed by atoms with E-state index < -0.39 is 17.5 Å². The van der Waals surface area contributed by atoms with Gasteiger partial charge >= 0.3 is 6.09 Å². The van der Waals surface area contributed by atoms with Gasteiger partial charge < -0.3 is 4.74 Å². The highest BCUT2D eigenvalue weighted by Crippen LogP contribution is 2.38. The topological polar surface area (TPSA) is 75.0 Å². The van der Waals surface area contributed by atoms with Crippen molar-refractivity contribution in [1.82, 2.24) is 4.98 Å². The first-order chi connectivity index (χ1) is 9.73. The number of rotatable bonds is 1. The van der Waals surface area contributed by atoms with Crippen LogP contribution < -0.4 is 5.32 Å². The number of nitriles is 1. The molecule has 2 heterocycles. The molecule has 2 aromatic rings. The van der Waals surface area contributed by atoms with Crippen LogP contribution in [0.15, 0.2) is 6.20 Å². The molecule has 0 bridgehead atoms. The van der Waals surface area contributed by atoms with Crippen molar-refractivity contribution in [2.24, 2.45) is 0 Å². The summed E-state index contributed by atoms with van der Waals surface area (Å²) in [5.74, 6) is -0.720. The van der Waals surface area contributed by atoms with Crippen LogP contribution in [0.25, 0.3) is 10.2 Å². The predicted molar refractivity (Wildman–Crippen MR) is 79.2 cm³/mol. The van der Waals surface area contributed by atoms with E-state index in [0.29, 0.717) is 4.83 Å². The SMILES string of the molecule is CC(C)(C)OC(=O)Nc1sc2ncc(F)c(Cl)c2c1C#N. The van der Waals surface area contributed by atoms with Gasteiger partial charge in [0.15, 0.2) is 5.82 Å². The van der Waals surface area contributed by atoms with Crippen molar-refractivity contribution in [3.63, 3.8) is 0 Å². The Bertz CT molecular complexity index is 761. The van der Waals surface area contributed by atoms with Crippen LogP contribution in [0, 0.1) is 17.1 Å². The molecule has 1 amide bonds. The maximum absolute atomic E-state index is 13.4. The van der Waals surface area contributed by atoms with Gasteiger partial charge in [0.1, 0.15) is 21.5 Å². The largest absolute Gasteiger partial charge is 0.444 e. The molecule has 0 radical (unpaired) electrons. The molecule has 110 valence electrons. The summed E-state index contributed by atoms with van der Waals surface area (Å²) in [5, 5.41) is 11.9. The second kappa shape index (κ2) is 5.47. The maximum Gasteiger partial charge on any atom is 0.412 e. The molecule has 0 aliphatic carbocycles. The molecule has 21 heavy (non-hydrogen) atoms. The van der Waals surface area contributed by atoms with Gasteiger partial charge in [0.05, 0.1) is 22.2 Å². The quantitative estimate of drug-likeness (QED) is 0.847. The summed E-state index contributed by atoms with van der Waals surface area (Å²) >= 11 is 6.89. The summed E-state index contributed by atoms with van der Waals surface area (Å²) < 4.78 is 18.6. The molecule has 0 aliphatic heterocycles. The smallest absolute Gasteiger partial charge is 0.412 e. The number of nitrogens with zero attached hydrogens (tertiary/aromatic N) is 2. The zero-order chi connectivity index (χ0) is 15.8. The number of nitrogens with one attached hydrogen (secondary N) is 1. The highest BCUT2D eigenvalue weighted by atomic mass is 35.5. The van der Waals surface area contributed by atoms with Crippen LogP contribution in [0.3, 0.4) is 0 Å². The van der Waals surface area contributed by atoms with Gasteiger partial charge in [0.2, 0.25) is 0 Å². The summed E-state index contributed by atoms with van der Waals surface area (Å²) in [6.45, 7) is 5.16. The molecular formula is C13H11ClFN3O2S. The van der Waals surface area contributed by atoms with Gasteiger partial charge in [-0.05, 0) is 20.8 Å². The van der Waals surface area contributed by atoms with E-state index >= 15 is 0 Å². The Morgan fingerprint density at radius 3 is 2.81 bits per heavy atom. The van der Waals surface area contributed by atoms with Gasteiger partial charge in [0.25, 0.3) is 0 Å². The van der Waals surface area contributed by atoms with E-state index in [-0.39, 0.29) is 21.0 Å². The number of ether oxygens (including phenoxy) is 1. The van der Waals surface area contributed by atoms with Crippen LogP contribution in [0.5, 0.6) is 0 Å². The third kappa shape index (κ3) is 3.23. The number of pyridine rings is 1. The lowest BCUT2D eigenvalue weighted by molar-refractivity contribution is 0.0636. The van der Waals surface area contributed by atoms with Crippen LogP contribution in [0.4, 0.5) is 14.2 Å². The second-order valence-corrected chi connectivity index (χ2v) is 6.52. The molecule has 1 N–H and O–H groups in total. The summed E-state index contributed by atoms with van der Waals surface area (Å²) in [5.41, 5.74) is -0.604. The van der Waals surface area contributed by atoms with Crippen molar-refractivity contribution in [3.8, 4) is 6.07 Å². The first kappa shape index (κ1) is 15.5. The fourth-order valence-electron chi connectivity index (χ4n) is 1.60. The molecule has 0 atom stereocenters. The molecule has 0 saturated carbocycles. The van der Waals surface area contributed by atoms with E-state index in [1.54, 1.807) is 20.8 Å². The average Bonchev–Trinajstić information content (AvgIpc) is 2.69. The standard InChI is InChI=1S/C13H11ClFN3O2S/c1-13(2,3)20-12(19)18-10-6(4-16)8-9(14)7(15)5-17-11(8)21-10/h5H,1-3H3,(H,18,19). The molecule has 2 aromatic heterocycles. The van der Waals surface area contributed by atoms with Crippen molar-refractivity contribution in [3.05, 3.63) is 22.6 Å². The summed E-state index contributed by atoms with van der Waals surface area (Å²) in [6.07, 6.45) is 0.265. The number of aromatic nitrogens is 1. The zero-order valence-electron chi connectivity index (χ0n) is 11.5. The Balaban J connectivity index is 2.44. The molecule has 0 aromatic carbocycles. The number of hydrogen-bond donors (Lipinski definition) is 1. The number of carbonyl (C=O) groups excluding carboxylic acids is 1. The van der Waals surface area contributed by atoms with Crippen molar-refractivity contribution in [1.29, 1.82) is 5.26 Å². The molecule has 0 spiro atoms. The fourth-order valence-corrected chi connectivity index (χ4v) is 2.87. The number of hydrogen-bond acceptors (Lipinski definition) is 5. The molecule has 0 saturated heterocycles. The Labute approximate surface area is 129 Å². The zero-order valence-corrected chi connectivity index (χ0v) is 13.0. The van der Waals surface area contributed by atoms with Crippen molar-refractivity contribution >= 4 is 44.2 Å². The molecule has 0 fully saturated rings. The van der Waals surface area contributed by atoms with Gasteiger partial charge in [-0.1, -0.05) is 22.9 Å². The number of halogens is 2. The Hall–Kier alpha value is -1.91. The van der Waals surface area contributed by atoms with Crippen LogP contribution in [-0.4, -0.2) is 16.7 Å². The van der Waals surface area contributed by atoms with Gasteiger partial charge in [-0.2, -0.15) is 5.26 Å². The monoisotopic (exact) mass is 327 g/mol. The Morgan fingerprint density at radius 1 is 1.57 bits per heavy atom. The van der Waals surface area contributed by atoms with Gasteiger partial charge in [-0.15, -0.1) is 0 Å². The van der Waals surface area contributed by atoms with E-state index in [1.807, 2.05) is 6.07 Å². The number of anilines is 1. The third-order valence-electron chi connectivity index (χ3n) is 2.34. The van der Waals surface area contributed by atoms with E-state index in [4.69, 9.17) is 16.3 Å². The van der Waals surface area contributed by atoms with E-state index in [9.17, 15) is 14.4 Å². The van der Waals surface area contributed by atoms with Crippen LogP contribution in [-0.2, 0) is 4.74 Å². The van der Waals surface area contributed by atoms with Gasteiger partial charge in [-0.25, -0.2) is 14.2 Å². The number of thiophene rings is 1. The lowest BCUT2D eigenvalue weighted by Crippen LogP contribution is -2.27. The normalized spacial score (nSPS) is 11.2. The molecule has 0 unspecified atom stereocenters. The van der Waals surface area contributed by atoms with Crippen LogP contribution in [0.1, 0.15) is 26.3 Å². The number of fused-ring (bicyclic) bond motifs is 1. The predicted octanol–water partition coefficient (Wildman–Crippen LogP) is 4.31. The molecule has 5 nitrogen and oxygen atoms in total. The van der Waals surface area contributed by atoms with Crippen LogP contribution >= 0.6 is 22.9 Å². The highest BCUT2D eigenvalue weighted by Gasteiger charge is 2.22. The van der Waals surface area contributed by atoms with Crippen LogP contribution in [0.2, 0.25) is 5.02 Å². The highest BCUT2D eigenvalue weighted by molar-refractivity contribution is 7.23. The fraction of sp³-hybridized carbons (Fsp3) is 0.308. The first-order valence-electron chi connectivity index (χ1n) is 5.89. The van der Waals surface area contributed by atoms with E-state index in [2.05, 4.69) is 10.3 Å². The van der Waals surface area contributed by atoms with Gasteiger partial charge in [0, 0.05) is 0 Å². The minimum Gasteiger partial charge on any atom is -0.444 e. The summed E-state index contributed by atoms with van der Waals surface area (Å²) in [7, 11) is 0. The van der Waals surface area contributed by atoms with E-state index in [0.717, 1.165) is 17.5 Å². The van der Waals surface area contributed by atoms with Crippen molar-refractivity contribution in [2.45, 2.75) is 26.4 Å². The molecule has 0 aliphatic rings. The van der Waals surface area contributed by atoms with Gasteiger partial charge in [-0.3, -0.25) is 5.32 Å². The lowest BCUT2D eigenvalue weighted by Gasteiger charge is -2.19. The average molecular weight is 328 g/mol. The molecule has 2 rings (SSSR count). The van der Waals surface area contributed by atoms with E-state index in [1.165, 1.54) is 0 Å². The first-order valence-corrected chi connectivity index (χ1v) is 7.09.